The van der Waals surface area contributed by atoms with Crippen LogP contribution in [0.4, 0.5) is 14.9 Å². The van der Waals surface area contributed by atoms with Gasteiger partial charge in [-0.1, -0.05) is 11.6 Å². The predicted octanol–water partition coefficient (Wildman–Crippen LogP) is 2.30. The van der Waals surface area contributed by atoms with Gasteiger partial charge in [0.1, 0.15) is 5.82 Å². The Morgan fingerprint density at radius 1 is 1.24 bits per heavy atom. The molecule has 0 spiro atoms. The first-order valence-electron chi connectivity index (χ1n) is 8.49. The number of carbonyl (C=O) groups is 2. The summed E-state index contributed by atoms with van der Waals surface area (Å²) in [4.78, 5) is 28.2. The number of anilines is 1. The average Bonchev–Trinajstić information content (AvgIpc) is 3.40. The Kier molecular flexibility index (Phi) is 5.44. The van der Waals surface area contributed by atoms with Gasteiger partial charge >= 0.3 is 6.03 Å². The number of nitrogens with one attached hydrogen (secondary N) is 2. The summed E-state index contributed by atoms with van der Waals surface area (Å²) < 4.78 is 13.1. The largest absolute Gasteiger partial charge is 0.352 e. The number of halogens is 2. The Labute approximate surface area is 151 Å². The van der Waals surface area contributed by atoms with Crippen molar-refractivity contribution in [2.45, 2.75) is 31.8 Å². The van der Waals surface area contributed by atoms with Gasteiger partial charge in [-0.05, 0) is 38.0 Å². The topological polar surface area (TPSA) is 64.7 Å². The van der Waals surface area contributed by atoms with E-state index in [1.807, 2.05) is 6.92 Å². The molecule has 1 saturated heterocycles. The number of hydrogen-bond acceptors (Lipinski definition) is 3. The molecule has 0 aromatic heterocycles. The van der Waals surface area contributed by atoms with Crippen LogP contribution in [0.15, 0.2) is 18.2 Å². The van der Waals surface area contributed by atoms with Crippen molar-refractivity contribution in [3.8, 4) is 0 Å². The molecule has 3 rings (SSSR count). The van der Waals surface area contributed by atoms with Crippen LogP contribution in [-0.4, -0.2) is 60.0 Å². The minimum atomic E-state index is -0.449. The third-order valence-electron chi connectivity index (χ3n) is 4.63. The summed E-state index contributed by atoms with van der Waals surface area (Å²) in [5, 5.41) is 5.87. The van der Waals surface area contributed by atoms with Crippen LogP contribution in [0.2, 0.25) is 5.02 Å². The lowest BCUT2D eigenvalue weighted by Crippen LogP contribution is -2.55. The SMILES string of the molecule is CC(C(=O)NC1CC1)N1CCN(C(=O)Nc2ccc(F)cc2Cl)CC1. The summed E-state index contributed by atoms with van der Waals surface area (Å²) in [6.45, 7) is 4.19. The Bertz CT molecular complexity index is 660. The van der Waals surface area contributed by atoms with Gasteiger partial charge < -0.3 is 15.5 Å². The average molecular weight is 369 g/mol. The van der Waals surface area contributed by atoms with Crippen LogP contribution < -0.4 is 10.6 Å². The molecule has 1 aliphatic heterocycles. The number of amides is 3. The maximum absolute atomic E-state index is 13.1. The summed E-state index contributed by atoms with van der Waals surface area (Å²) in [6, 6.07) is 3.73. The van der Waals surface area contributed by atoms with Crippen LogP contribution in [0.25, 0.3) is 0 Å². The fourth-order valence-corrected chi connectivity index (χ4v) is 3.03. The number of hydrogen-bond donors (Lipinski definition) is 2. The van der Waals surface area contributed by atoms with Gasteiger partial charge in [0.05, 0.1) is 16.8 Å². The molecule has 0 radical (unpaired) electrons. The third kappa shape index (κ3) is 4.61. The highest BCUT2D eigenvalue weighted by Gasteiger charge is 2.30. The van der Waals surface area contributed by atoms with E-state index in [1.165, 1.54) is 12.1 Å². The van der Waals surface area contributed by atoms with Crippen molar-refractivity contribution in [1.82, 2.24) is 15.1 Å². The van der Waals surface area contributed by atoms with Crippen molar-refractivity contribution in [3.05, 3.63) is 29.0 Å². The van der Waals surface area contributed by atoms with Gasteiger partial charge in [-0.15, -0.1) is 0 Å². The number of carbonyl (C=O) groups excluding carboxylic acids is 2. The van der Waals surface area contributed by atoms with Gasteiger partial charge in [0.15, 0.2) is 0 Å². The van der Waals surface area contributed by atoms with Gasteiger partial charge in [-0.25, -0.2) is 9.18 Å². The Morgan fingerprint density at radius 3 is 2.52 bits per heavy atom. The van der Waals surface area contributed by atoms with E-state index >= 15 is 0 Å². The molecular weight excluding hydrogens is 347 g/mol. The van der Waals surface area contributed by atoms with Gasteiger partial charge in [-0.2, -0.15) is 0 Å². The van der Waals surface area contributed by atoms with Gasteiger partial charge in [0.2, 0.25) is 5.91 Å². The molecule has 1 heterocycles. The highest BCUT2D eigenvalue weighted by Crippen LogP contribution is 2.23. The first kappa shape index (κ1) is 17.9. The van der Waals surface area contributed by atoms with Gasteiger partial charge in [0, 0.05) is 32.2 Å². The molecule has 6 nitrogen and oxygen atoms in total. The predicted molar refractivity (Wildman–Crippen MR) is 94.2 cm³/mol. The lowest BCUT2D eigenvalue weighted by Gasteiger charge is -2.37. The minimum absolute atomic E-state index is 0.0542. The van der Waals surface area contributed by atoms with Crippen molar-refractivity contribution in [2.75, 3.05) is 31.5 Å². The Hall–Kier alpha value is -1.86. The van der Waals surface area contributed by atoms with Crippen molar-refractivity contribution in [2.24, 2.45) is 0 Å². The van der Waals surface area contributed by atoms with Crippen LogP contribution in [-0.2, 0) is 4.79 Å². The molecule has 3 amide bonds. The summed E-state index contributed by atoms with van der Waals surface area (Å²) in [6.07, 6.45) is 2.14. The fourth-order valence-electron chi connectivity index (χ4n) is 2.81. The Balaban J connectivity index is 1.49. The standard InChI is InChI=1S/C17H22ClFN4O2/c1-11(16(24)20-13-3-4-13)22-6-8-23(9-7-22)17(25)21-15-5-2-12(19)10-14(15)18/h2,5,10-11,13H,3-4,6-9H2,1H3,(H,20,24)(H,21,25). The molecule has 0 bridgehead atoms. The maximum atomic E-state index is 13.1. The Morgan fingerprint density at radius 2 is 1.92 bits per heavy atom. The lowest BCUT2D eigenvalue weighted by molar-refractivity contribution is -0.126. The molecule has 136 valence electrons. The van der Waals surface area contributed by atoms with Gasteiger partial charge in [-0.3, -0.25) is 9.69 Å². The normalized spacial score (nSPS) is 19.4. The van der Waals surface area contributed by atoms with Crippen LogP contribution in [0.5, 0.6) is 0 Å². The third-order valence-corrected chi connectivity index (χ3v) is 4.94. The number of benzene rings is 1. The van der Waals surface area contributed by atoms with Crippen LogP contribution >= 0.6 is 11.6 Å². The van der Waals surface area contributed by atoms with E-state index in [-0.39, 0.29) is 23.0 Å². The second-order valence-electron chi connectivity index (χ2n) is 6.54. The van der Waals surface area contributed by atoms with E-state index < -0.39 is 5.82 Å². The summed E-state index contributed by atoms with van der Waals surface area (Å²) in [7, 11) is 0. The first-order valence-corrected chi connectivity index (χ1v) is 8.87. The van der Waals surface area contributed by atoms with E-state index in [0.717, 1.165) is 18.9 Å². The molecule has 1 aromatic rings. The summed E-state index contributed by atoms with van der Waals surface area (Å²) in [5.74, 6) is -0.395. The van der Waals surface area contributed by atoms with Crippen molar-refractivity contribution >= 4 is 29.2 Å². The van der Waals surface area contributed by atoms with Crippen molar-refractivity contribution in [3.63, 3.8) is 0 Å². The number of rotatable bonds is 4. The number of nitrogens with zero attached hydrogens (tertiary/aromatic N) is 2. The molecule has 2 fully saturated rings. The van der Waals surface area contributed by atoms with Crippen molar-refractivity contribution in [1.29, 1.82) is 0 Å². The van der Waals surface area contributed by atoms with Crippen LogP contribution in [0.1, 0.15) is 19.8 Å². The van der Waals surface area contributed by atoms with Crippen LogP contribution in [0.3, 0.4) is 0 Å². The van der Waals surface area contributed by atoms with Gasteiger partial charge in [0.25, 0.3) is 0 Å². The molecule has 2 aliphatic rings. The molecule has 1 unspecified atom stereocenters. The zero-order valence-corrected chi connectivity index (χ0v) is 14.9. The number of piperazine rings is 1. The maximum Gasteiger partial charge on any atom is 0.321 e. The molecule has 25 heavy (non-hydrogen) atoms. The zero-order chi connectivity index (χ0) is 18.0. The second-order valence-corrected chi connectivity index (χ2v) is 6.94. The van der Waals surface area contributed by atoms with E-state index in [9.17, 15) is 14.0 Å². The zero-order valence-electron chi connectivity index (χ0n) is 14.1. The van der Waals surface area contributed by atoms with E-state index in [4.69, 9.17) is 11.6 Å². The number of urea groups is 1. The first-order chi connectivity index (χ1) is 11.9. The summed E-state index contributed by atoms with van der Waals surface area (Å²) in [5.41, 5.74) is 0.382. The molecule has 1 aromatic carbocycles. The van der Waals surface area contributed by atoms with Crippen LogP contribution in [0, 0.1) is 5.82 Å². The monoisotopic (exact) mass is 368 g/mol. The quantitative estimate of drug-likeness (QED) is 0.857. The molecule has 1 saturated carbocycles. The smallest absolute Gasteiger partial charge is 0.321 e. The highest BCUT2D eigenvalue weighted by atomic mass is 35.5. The molecular formula is C17H22ClFN4O2. The minimum Gasteiger partial charge on any atom is -0.352 e. The van der Waals surface area contributed by atoms with E-state index in [0.29, 0.717) is 37.9 Å². The fraction of sp³-hybridized carbons (Fsp3) is 0.529. The van der Waals surface area contributed by atoms with E-state index in [2.05, 4.69) is 15.5 Å². The molecule has 2 N–H and O–H groups in total. The van der Waals surface area contributed by atoms with E-state index in [1.54, 1.807) is 4.90 Å². The summed E-state index contributed by atoms with van der Waals surface area (Å²) >= 11 is 5.93. The second kappa shape index (κ2) is 7.58. The molecule has 8 heteroatoms. The molecule has 1 atom stereocenters. The van der Waals surface area contributed by atoms with Crippen molar-refractivity contribution < 1.29 is 14.0 Å². The molecule has 1 aliphatic carbocycles. The highest BCUT2D eigenvalue weighted by molar-refractivity contribution is 6.33. The lowest BCUT2D eigenvalue weighted by atomic mass is 10.2.